The lowest BCUT2D eigenvalue weighted by atomic mass is 10.3. The van der Waals surface area contributed by atoms with Gasteiger partial charge in [0.15, 0.2) is 0 Å². The molecule has 0 fully saturated rings. The van der Waals surface area contributed by atoms with E-state index in [0.29, 0.717) is 5.69 Å². The number of rotatable bonds is 1. The summed E-state index contributed by atoms with van der Waals surface area (Å²) in [5, 5.41) is 13.5. The van der Waals surface area contributed by atoms with Crippen LogP contribution in [0.4, 0.5) is 0 Å². The zero-order valence-corrected chi connectivity index (χ0v) is 7.67. The Bertz CT molecular complexity index is 473. The van der Waals surface area contributed by atoms with Crippen molar-refractivity contribution in [3.05, 3.63) is 23.5 Å². The minimum atomic E-state index is -3.83. The Kier molecular flexibility index (Phi) is 2.32. The molecule has 68 valence electrons. The molecular weight excluding hydrogens is 190 g/mol. The normalized spacial score (nSPS) is 10.8. The summed E-state index contributed by atoms with van der Waals surface area (Å²) in [7, 11) is -3.83. The minimum absolute atomic E-state index is 0.0342. The Hall–Kier alpha value is -1.45. The molecule has 0 saturated heterocycles. The van der Waals surface area contributed by atoms with Gasteiger partial charge in [-0.2, -0.15) is 5.26 Å². The van der Waals surface area contributed by atoms with E-state index in [4.69, 9.17) is 10.4 Å². The van der Waals surface area contributed by atoms with Crippen molar-refractivity contribution in [3.8, 4) is 6.07 Å². The summed E-state index contributed by atoms with van der Waals surface area (Å²) in [6.07, 6.45) is 1.19. The Labute approximate surface area is 75.9 Å². The molecule has 13 heavy (non-hydrogen) atoms. The molecule has 0 atom stereocenters. The maximum Gasteiger partial charge on any atom is 0.239 e. The third kappa shape index (κ3) is 2.02. The van der Waals surface area contributed by atoms with Gasteiger partial charge < -0.3 is 0 Å². The Morgan fingerprint density at radius 2 is 2.23 bits per heavy atom. The molecule has 2 N–H and O–H groups in total. The van der Waals surface area contributed by atoms with Crippen LogP contribution in [-0.2, 0) is 10.0 Å². The molecule has 0 aromatic carbocycles. The molecule has 0 unspecified atom stereocenters. The first-order valence-electron chi connectivity index (χ1n) is 3.34. The molecule has 0 aliphatic carbocycles. The Morgan fingerprint density at radius 1 is 1.62 bits per heavy atom. The number of pyridine rings is 1. The van der Waals surface area contributed by atoms with Gasteiger partial charge in [-0.1, -0.05) is 0 Å². The van der Waals surface area contributed by atoms with Gasteiger partial charge in [0.2, 0.25) is 10.0 Å². The van der Waals surface area contributed by atoms with Gasteiger partial charge in [0.25, 0.3) is 0 Å². The lowest BCUT2D eigenvalue weighted by Gasteiger charge is -2.00. The van der Waals surface area contributed by atoms with Crippen molar-refractivity contribution in [1.29, 1.82) is 5.26 Å². The van der Waals surface area contributed by atoms with E-state index in [1.54, 1.807) is 13.0 Å². The Balaban J connectivity index is 3.53. The lowest BCUT2D eigenvalue weighted by molar-refractivity contribution is 0.597. The molecule has 1 heterocycles. The zero-order chi connectivity index (χ0) is 10.1. The van der Waals surface area contributed by atoms with Crippen LogP contribution >= 0.6 is 0 Å². The first-order valence-corrected chi connectivity index (χ1v) is 4.89. The average molecular weight is 197 g/mol. The van der Waals surface area contributed by atoms with Gasteiger partial charge in [-0.05, 0) is 13.0 Å². The van der Waals surface area contributed by atoms with E-state index in [-0.39, 0.29) is 10.5 Å². The van der Waals surface area contributed by atoms with Gasteiger partial charge in [0, 0.05) is 11.9 Å². The van der Waals surface area contributed by atoms with Crippen LogP contribution in [0.2, 0.25) is 0 Å². The SMILES string of the molecule is Cc1cc(S(N)(=O)=O)c(C#N)cn1. The number of hydrogen-bond donors (Lipinski definition) is 1. The second kappa shape index (κ2) is 3.12. The van der Waals surface area contributed by atoms with Crippen molar-refractivity contribution in [3.63, 3.8) is 0 Å². The van der Waals surface area contributed by atoms with Crippen LogP contribution in [0.1, 0.15) is 11.3 Å². The van der Waals surface area contributed by atoms with E-state index in [1.807, 2.05) is 0 Å². The van der Waals surface area contributed by atoms with Crippen molar-refractivity contribution >= 4 is 10.0 Å². The molecule has 1 aromatic heterocycles. The van der Waals surface area contributed by atoms with Gasteiger partial charge in [0.1, 0.15) is 11.0 Å². The van der Waals surface area contributed by atoms with Gasteiger partial charge in [-0.25, -0.2) is 13.6 Å². The van der Waals surface area contributed by atoms with E-state index >= 15 is 0 Å². The Morgan fingerprint density at radius 3 is 2.69 bits per heavy atom. The van der Waals surface area contributed by atoms with Crippen molar-refractivity contribution in [2.24, 2.45) is 5.14 Å². The van der Waals surface area contributed by atoms with Crippen LogP contribution in [0.25, 0.3) is 0 Å². The summed E-state index contributed by atoms with van der Waals surface area (Å²) >= 11 is 0. The molecule has 5 nitrogen and oxygen atoms in total. The molecule has 1 rings (SSSR count). The van der Waals surface area contributed by atoms with E-state index in [2.05, 4.69) is 4.98 Å². The molecule has 0 aliphatic heterocycles. The van der Waals surface area contributed by atoms with Crippen LogP contribution in [0, 0.1) is 18.3 Å². The van der Waals surface area contributed by atoms with Crippen molar-refractivity contribution in [1.82, 2.24) is 4.98 Å². The van der Waals surface area contributed by atoms with Crippen molar-refractivity contribution < 1.29 is 8.42 Å². The number of primary sulfonamides is 1. The van der Waals surface area contributed by atoms with Gasteiger partial charge in [-0.15, -0.1) is 0 Å². The predicted molar refractivity (Wildman–Crippen MR) is 45.1 cm³/mol. The molecule has 1 aromatic rings. The third-order valence-corrected chi connectivity index (χ3v) is 2.38. The second-order valence-corrected chi connectivity index (χ2v) is 4.01. The summed E-state index contributed by atoms with van der Waals surface area (Å²) in [5.74, 6) is 0. The number of nitriles is 1. The summed E-state index contributed by atoms with van der Waals surface area (Å²) in [6, 6.07) is 2.98. The average Bonchev–Trinajstić information content (AvgIpc) is 2.03. The van der Waals surface area contributed by atoms with Crippen LogP contribution < -0.4 is 5.14 Å². The smallest absolute Gasteiger partial charge is 0.239 e. The van der Waals surface area contributed by atoms with E-state index in [9.17, 15) is 8.42 Å². The van der Waals surface area contributed by atoms with Gasteiger partial charge in [0.05, 0.1) is 5.56 Å². The minimum Gasteiger partial charge on any atom is -0.260 e. The number of hydrogen-bond acceptors (Lipinski definition) is 4. The second-order valence-electron chi connectivity index (χ2n) is 2.48. The highest BCUT2D eigenvalue weighted by Gasteiger charge is 2.13. The quantitative estimate of drug-likeness (QED) is 0.680. The summed E-state index contributed by atoms with van der Waals surface area (Å²) in [5.41, 5.74) is 0.469. The number of nitrogens with zero attached hydrogens (tertiary/aromatic N) is 2. The molecular formula is C7H7N3O2S. The maximum atomic E-state index is 11.0. The maximum absolute atomic E-state index is 11.0. The van der Waals surface area contributed by atoms with Crippen LogP contribution in [0.3, 0.4) is 0 Å². The number of aromatic nitrogens is 1. The van der Waals surface area contributed by atoms with Crippen LogP contribution in [-0.4, -0.2) is 13.4 Å². The largest absolute Gasteiger partial charge is 0.260 e. The monoisotopic (exact) mass is 197 g/mol. The van der Waals surface area contributed by atoms with Gasteiger partial charge in [-0.3, -0.25) is 4.98 Å². The standard InChI is InChI=1S/C7H7N3O2S/c1-5-2-7(13(9,11)12)6(3-8)4-10-5/h2,4H,1H3,(H2,9,11,12). The topological polar surface area (TPSA) is 96.8 Å². The van der Waals surface area contributed by atoms with Crippen molar-refractivity contribution in [2.45, 2.75) is 11.8 Å². The molecule has 0 radical (unpaired) electrons. The number of nitrogens with two attached hydrogens (primary N) is 1. The molecule has 0 bridgehead atoms. The van der Waals surface area contributed by atoms with E-state index in [0.717, 1.165) is 0 Å². The fourth-order valence-corrected chi connectivity index (χ4v) is 1.59. The molecule has 0 amide bonds. The number of aryl methyl sites for hydroxylation is 1. The third-order valence-electron chi connectivity index (χ3n) is 1.43. The summed E-state index contributed by atoms with van der Waals surface area (Å²) < 4.78 is 21.9. The highest BCUT2D eigenvalue weighted by molar-refractivity contribution is 7.89. The van der Waals surface area contributed by atoms with Crippen LogP contribution in [0.15, 0.2) is 17.2 Å². The fourth-order valence-electron chi connectivity index (χ4n) is 0.854. The molecule has 6 heteroatoms. The van der Waals surface area contributed by atoms with Crippen molar-refractivity contribution in [2.75, 3.05) is 0 Å². The highest BCUT2D eigenvalue weighted by Crippen LogP contribution is 2.12. The van der Waals surface area contributed by atoms with E-state index < -0.39 is 10.0 Å². The molecule has 0 saturated carbocycles. The fraction of sp³-hybridized carbons (Fsp3) is 0.143. The van der Waals surface area contributed by atoms with Gasteiger partial charge >= 0.3 is 0 Å². The predicted octanol–water partition coefficient (Wildman–Crippen LogP) is -0.0909. The lowest BCUT2D eigenvalue weighted by Crippen LogP contribution is -2.14. The summed E-state index contributed by atoms with van der Waals surface area (Å²) in [6.45, 7) is 1.62. The number of sulfonamides is 1. The molecule has 0 aliphatic rings. The first-order chi connectivity index (χ1) is 5.95. The van der Waals surface area contributed by atoms with Crippen LogP contribution in [0.5, 0.6) is 0 Å². The first kappa shape index (κ1) is 9.64. The van der Waals surface area contributed by atoms with E-state index in [1.165, 1.54) is 12.3 Å². The molecule has 0 spiro atoms. The summed E-state index contributed by atoms with van der Waals surface area (Å²) in [4.78, 5) is 3.60. The highest BCUT2D eigenvalue weighted by atomic mass is 32.2. The zero-order valence-electron chi connectivity index (χ0n) is 6.85.